The zero-order valence-corrected chi connectivity index (χ0v) is 24.4. The lowest BCUT2D eigenvalue weighted by atomic mass is 9.89. The molecule has 4 aromatic rings. The molecule has 3 N–H and O–H groups in total. The SMILES string of the molecule is CNC(=O)c1c(-c2ccc(F)cc2)oc2nc(NCC(F)(F)F)c(-c3ccc(OC)c(C(=O)NC(C)(C#N)C(C)C)c3)cc12. The Morgan fingerprint density at radius 1 is 1.07 bits per heavy atom. The van der Waals surface area contributed by atoms with E-state index in [2.05, 4.69) is 27.0 Å². The highest BCUT2D eigenvalue weighted by Crippen LogP contribution is 2.39. The summed E-state index contributed by atoms with van der Waals surface area (Å²) in [5.41, 5.74) is -0.632. The normalized spacial score (nSPS) is 12.8. The van der Waals surface area contributed by atoms with E-state index in [1.165, 1.54) is 62.7 Å². The van der Waals surface area contributed by atoms with E-state index in [-0.39, 0.29) is 56.6 Å². The molecule has 0 radical (unpaired) electrons. The molecule has 44 heavy (non-hydrogen) atoms. The number of ether oxygens (including phenoxy) is 1. The van der Waals surface area contributed by atoms with E-state index in [0.717, 1.165) is 0 Å². The molecule has 4 rings (SSSR count). The summed E-state index contributed by atoms with van der Waals surface area (Å²) < 4.78 is 64.7. The molecule has 2 aromatic carbocycles. The molecular formula is C31H29F4N5O4. The number of methoxy groups -OCH3 is 1. The third-order valence-corrected chi connectivity index (χ3v) is 7.21. The maximum atomic E-state index is 13.6. The molecule has 230 valence electrons. The number of hydrogen-bond acceptors (Lipinski definition) is 7. The van der Waals surface area contributed by atoms with Gasteiger partial charge in [0.25, 0.3) is 11.8 Å². The fourth-order valence-corrected chi connectivity index (χ4v) is 4.37. The fourth-order valence-electron chi connectivity index (χ4n) is 4.37. The molecule has 0 aliphatic carbocycles. The Morgan fingerprint density at radius 2 is 1.73 bits per heavy atom. The second-order valence-corrected chi connectivity index (χ2v) is 10.4. The third kappa shape index (κ3) is 6.44. The second-order valence-electron chi connectivity index (χ2n) is 10.4. The average molecular weight is 612 g/mol. The Bertz CT molecular complexity index is 1760. The molecule has 2 aromatic heterocycles. The van der Waals surface area contributed by atoms with E-state index in [1.807, 2.05) is 0 Å². The third-order valence-electron chi connectivity index (χ3n) is 7.21. The summed E-state index contributed by atoms with van der Waals surface area (Å²) in [6.07, 6.45) is -4.60. The van der Waals surface area contributed by atoms with Crippen LogP contribution in [0.2, 0.25) is 0 Å². The number of fused-ring (bicyclic) bond motifs is 1. The highest BCUT2D eigenvalue weighted by molar-refractivity contribution is 6.11. The molecule has 13 heteroatoms. The van der Waals surface area contributed by atoms with Gasteiger partial charge in [-0.3, -0.25) is 9.59 Å². The van der Waals surface area contributed by atoms with E-state index >= 15 is 0 Å². The van der Waals surface area contributed by atoms with Gasteiger partial charge in [-0.25, -0.2) is 4.39 Å². The number of hydrogen-bond donors (Lipinski definition) is 3. The van der Waals surface area contributed by atoms with Crippen LogP contribution in [0.15, 0.2) is 52.9 Å². The Balaban J connectivity index is 1.96. The number of alkyl halides is 3. The number of halogens is 4. The van der Waals surface area contributed by atoms with E-state index in [4.69, 9.17) is 9.15 Å². The molecule has 0 saturated carbocycles. The van der Waals surface area contributed by atoms with Crippen molar-refractivity contribution >= 4 is 28.7 Å². The summed E-state index contributed by atoms with van der Waals surface area (Å²) in [7, 11) is 2.74. The van der Waals surface area contributed by atoms with Crippen LogP contribution in [0.1, 0.15) is 41.5 Å². The van der Waals surface area contributed by atoms with Crippen molar-refractivity contribution < 1.29 is 36.3 Å². The number of nitriles is 1. The first kappa shape index (κ1) is 31.8. The van der Waals surface area contributed by atoms with E-state index in [9.17, 15) is 32.4 Å². The van der Waals surface area contributed by atoms with Crippen molar-refractivity contribution in [3.63, 3.8) is 0 Å². The van der Waals surface area contributed by atoms with Crippen molar-refractivity contribution in [2.45, 2.75) is 32.5 Å². The lowest BCUT2D eigenvalue weighted by Gasteiger charge is -2.27. The van der Waals surface area contributed by atoms with Crippen molar-refractivity contribution in [1.29, 1.82) is 5.26 Å². The molecule has 1 atom stereocenters. The van der Waals surface area contributed by atoms with Crippen LogP contribution in [-0.2, 0) is 0 Å². The molecule has 0 bridgehead atoms. The van der Waals surface area contributed by atoms with Gasteiger partial charge < -0.3 is 25.1 Å². The first-order chi connectivity index (χ1) is 20.7. The molecule has 1 unspecified atom stereocenters. The number of rotatable bonds is 9. The lowest BCUT2D eigenvalue weighted by molar-refractivity contribution is -0.115. The minimum Gasteiger partial charge on any atom is -0.496 e. The van der Waals surface area contributed by atoms with Crippen molar-refractivity contribution in [1.82, 2.24) is 15.6 Å². The van der Waals surface area contributed by atoms with Gasteiger partial charge >= 0.3 is 6.18 Å². The number of benzene rings is 2. The van der Waals surface area contributed by atoms with Gasteiger partial charge in [0, 0.05) is 18.2 Å². The Labute approximate surface area is 250 Å². The van der Waals surface area contributed by atoms with Crippen LogP contribution in [0, 0.1) is 23.1 Å². The Kier molecular flexibility index (Phi) is 8.85. The quantitative estimate of drug-likeness (QED) is 0.189. The van der Waals surface area contributed by atoms with Crippen LogP contribution < -0.4 is 20.7 Å². The van der Waals surface area contributed by atoms with E-state index < -0.39 is 35.9 Å². The first-order valence-corrected chi connectivity index (χ1v) is 13.4. The van der Waals surface area contributed by atoms with Crippen LogP contribution in [0.4, 0.5) is 23.4 Å². The monoisotopic (exact) mass is 611 g/mol. The summed E-state index contributed by atoms with van der Waals surface area (Å²) in [5, 5.41) is 17.4. The van der Waals surface area contributed by atoms with Crippen LogP contribution >= 0.6 is 0 Å². The number of pyridine rings is 1. The Hall–Kier alpha value is -5.12. The maximum Gasteiger partial charge on any atom is 0.405 e. The minimum atomic E-state index is -4.60. The molecule has 0 saturated heterocycles. The number of anilines is 1. The molecule has 2 amide bonds. The van der Waals surface area contributed by atoms with Gasteiger partial charge in [0.2, 0.25) is 5.71 Å². The predicted molar refractivity (Wildman–Crippen MR) is 156 cm³/mol. The number of carbonyl (C=O) groups is 2. The number of carbonyl (C=O) groups excluding carboxylic acids is 2. The fraction of sp³-hybridized carbons (Fsp3) is 0.290. The van der Waals surface area contributed by atoms with Gasteiger partial charge in [0.05, 0.1) is 29.7 Å². The largest absolute Gasteiger partial charge is 0.496 e. The summed E-state index contributed by atoms with van der Waals surface area (Å²) >= 11 is 0. The van der Waals surface area contributed by atoms with E-state index in [0.29, 0.717) is 5.56 Å². The minimum absolute atomic E-state index is 0.0136. The summed E-state index contributed by atoms with van der Waals surface area (Å²) in [6, 6.07) is 13.0. The standard InChI is InChI=1S/C31H29F4N5O4/c1-16(2)30(3,14-36)40-27(41)21-12-18(8-11-23(21)43-5)20-13-22-24(28(42)37-4)25(17-6-9-19(32)10-7-17)44-29(22)39-26(20)38-15-31(33,34)35/h6-13,16H,15H2,1-5H3,(H,37,42)(H,38,39)(H,40,41). The van der Waals surface area contributed by atoms with Gasteiger partial charge in [0.1, 0.15) is 35.2 Å². The number of aromatic nitrogens is 1. The maximum absolute atomic E-state index is 13.6. The van der Waals surface area contributed by atoms with Crippen molar-refractivity contribution in [2.75, 3.05) is 26.0 Å². The summed E-state index contributed by atoms with van der Waals surface area (Å²) in [5.74, 6) is -2.05. The molecule has 0 spiro atoms. The van der Waals surface area contributed by atoms with Gasteiger partial charge in [-0.05, 0) is 60.9 Å². The smallest absolute Gasteiger partial charge is 0.405 e. The van der Waals surface area contributed by atoms with Gasteiger partial charge in [-0.2, -0.15) is 23.4 Å². The van der Waals surface area contributed by atoms with Gasteiger partial charge in [-0.15, -0.1) is 0 Å². The van der Waals surface area contributed by atoms with Crippen LogP contribution in [0.25, 0.3) is 33.6 Å². The zero-order chi connectivity index (χ0) is 32.4. The molecule has 0 fully saturated rings. The van der Waals surface area contributed by atoms with Crippen molar-refractivity contribution in [2.24, 2.45) is 5.92 Å². The van der Waals surface area contributed by atoms with Crippen molar-refractivity contribution in [3.05, 3.63) is 65.5 Å². The predicted octanol–water partition coefficient (Wildman–Crippen LogP) is 6.31. The second kappa shape index (κ2) is 12.2. The van der Waals surface area contributed by atoms with Crippen LogP contribution in [0.5, 0.6) is 5.75 Å². The first-order valence-electron chi connectivity index (χ1n) is 13.4. The topological polar surface area (TPSA) is 129 Å². The number of nitrogens with one attached hydrogen (secondary N) is 3. The number of amides is 2. The van der Waals surface area contributed by atoms with Gasteiger partial charge in [0.15, 0.2) is 0 Å². The summed E-state index contributed by atoms with van der Waals surface area (Å²) in [6.45, 7) is 3.67. The number of furan rings is 1. The molecular weight excluding hydrogens is 582 g/mol. The van der Waals surface area contributed by atoms with Gasteiger partial charge in [-0.1, -0.05) is 19.9 Å². The molecule has 0 aliphatic rings. The van der Waals surface area contributed by atoms with Crippen molar-refractivity contribution in [3.8, 4) is 34.3 Å². The molecule has 0 aliphatic heterocycles. The van der Waals surface area contributed by atoms with Crippen LogP contribution in [0.3, 0.4) is 0 Å². The zero-order valence-electron chi connectivity index (χ0n) is 24.4. The highest BCUT2D eigenvalue weighted by atomic mass is 19.4. The summed E-state index contributed by atoms with van der Waals surface area (Å²) in [4.78, 5) is 30.7. The van der Waals surface area contributed by atoms with E-state index in [1.54, 1.807) is 20.8 Å². The number of nitrogens with zero attached hydrogens (tertiary/aromatic N) is 2. The molecule has 9 nitrogen and oxygen atoms in total. The highest BCUT2D eigenvalue weighted by Gasteiger charge is 2.32. The average Bonchev–Trinajstić information content (AvgIpc) is 3.36. The Morgan fingerprint density at radius 3 is 2.30 bits per heavy atom. The van der Waals surface area contributed by atoms with Crippen LogP contribution in [-0.4, -0.2) is 49.2 Å². The lowest BCUT2D eigenvalue weighted by Crippen LogP contribution is -2.48. The molecule has 2 heterocycles.